The predicted octanol–water partition coefficient (Wildman–Crippen LogP) is 2.19. The molecule has 2 aromatic rings. The summed E-state index contributed by atoms with van der Waals surface area (Å²) in [4.78, 5) is 8.64. The topological polar surface area (TPSA) is 82.3 Å². The highest BCUT2D eigenvalue weighted by molar-refractivity contribution is 7.07. The molecule has 118 valence electrons. The van der Waals surface area contributed by atoms with Crippen LogP contribution < -0.4 is 5.32 Å². The van der Waals surface area contributed by atoms with Crippen LogP contribution in [0.2, 0.25) is 0 Å². The molecule has 1 saturated carbocycles. The average molecular weight is 322 g/mol. The van der Waals surface area contributed by atoms with E-state index in [2.05, 4.69) is 20.4 Å². The summed E-state index contributed by atoms with van der Waals surface area (Å²) >= 11 is 1.58. The highest BCUT2D eigenvalue weighted by atomic mass is 32.1. The molecule has 0 radical (unpaired) electrons. The predicted molar refractivity (Wildman–Crippen MR) is 79.8 cm³/mol. The Morgan fingerprint density at radius 1 is 1.36 bits per heavy atom. The van der Waals surface area contributed by atoms with Gasteiger partial charge in [-0.05, 0) is 24.4 Å². The summed E-state index contributed by atoms with van der Waals surface area (Å²) in [6.45, 7) is 1.81. The van der Waals surface area contributed by atoms with Crippen LogP contribution in [-0.2, 0) is 16.1 Å². The number of hydrogen-bond acceptors (Lipinski definition) is 8. The van der Waals surface area contributed by atoms with Gasteiger partial charge in [0.25, 0.3) is 5.95 Å². The van der Waals surface area contributed by atoms with Gasteiger partial charge in [-0.1, -0.05) is 0 Å². The van der Waals surface area contributed by atoms with Crippen LogP contribution >= 0.6 is 11.3 Å². The Balaban J connectivity index is 1.36. The monoisotopic (exact) mass is 322 g/mol. The second kappa shape index (κ2) is 6.31. The quantitative estimate of drug-likeness (QED) is 0.873. The third-order valence-electron chi connectivity index (χ3n) is 3.90. The van der Waals surface area contributed by atoms with E-state index in [0.29, 0.717) is 31.7 Å². The third kappa shape index (κ3) is 3.29. The molecule has 2 aromatic heterocycles. The van der Waals surface area contributed by atoms with Gasteiger partial charge in [0, 0.05) is 17.9 Å². The Morgan fingerprint density at radius 2 is 2.32 bits per heavy atom. The summed E-state index contributed by atoms with van der Waals surface area (Å²) in [5.41, 5.74) is 2.78. The van der Waals surface area contributed by atoms with Gasteiger partial charge >= 0.3 is 0 Å². The molecular formula is C14H18N4O3S. The highest BCUT2D eigenvalue weighted by Crippen LogP contribution is 2.39. The zero-order valence-corrected chi connectivity index (χ0v) is 12.9. The van der Waals surface area contributed by atoms with E-state index in [9.17, 15) is 0 Å². The lowest BCUT2D eigenvalue weighted by atomic mass is 10.1. The van der Waals surface area contributed by atoms with Crippen LogP contribution in [0.1, 0.15) is 36.8 Å². The molecule has 0 unspecified atom stereocenters. The number of nitrogens with one attached hydrogen (secondary N) is 1. The molecule has 1 N–H and O–H groups in total. The molecule has 1 aliphatic carbocycles. The van der Waals surface area contributed by atoms with Crippen molar-refractivity contribution in [2.24, 2.45) is 0 Å². The third-order valence-corrected chi connectivity index (χ3v) is 4.54. The van der Waals surface area contributed by atoms with Gasteiger partial charge in [0.05, 0.1) is 36.6 Å². The van der Waals surface area contributed by atoms with E-state index < -0.39 is 0 Å². The molecule has 8 heteroatoms. The number of thiazole rings is 1. The summed E-state index contributed by atoms with van der Waals surface area (Å²) in [6.07, 6.45) is 3.19. The van der Waals surface area contributed by atoms with Crippen LogP contribution in [0.4, 0.5) is 5.95 Å². The molecule has 22 heavy (non-hydrogen) atoms. The van der Waals surface area contributed by atoms with E-state index in [1.165, 1.54) is 0 Å². The second-order valence-corrected chi connectivity index (χ2v) is 6.39. The number of aromatic nitrogens is 3. The molecule has 0 aromatic carbocycles. The Morgan fingerprint density at radius 3 is 3.14 bits per heavy atom. The Hall–Kier alpha value is -1.51. The Kier molecular flexibility index (Phi) is 4.05. The Bertz CT molecular complexity index is 599. The lowest BCUT2D eigenvalue weighted by molar-refractivity contribution is -0.0487. The van der Waals surface area contributed by atoms with Crippen molar-refractivity contribution in [1.29, 1.82) is 0 Å². The van der Waals surface area contributed by atoms with Crippen LogP contribution in [0, 0.1) is 0 Å². The SMILES string of the molecule is c1nc(CO[C@H]2CCOC[C@H]2Nc2noc(C3CC3)n2)cs1. The summed E-state index contributed by atoms with van der Waals surface area (Å²) in [5, 5.41) is 9.28. The van der Waals surface area contributed by atoms with Gasteiger partial charge in [-0.2, -0.15) is 4.98 Å². The average Bonchev–Trinajstić information content (AvgIpc) is 3.07. The van der Waals surface area contributed by atoms with Crippen molar-refractivity contribution in [2.45, 2.75) is 43.9 Å². The van der Waals surface area contributed by atoms with Crippen molar-refractivity contribution in [1.82, 2.24) is 15.1 Å². The lowest BCUT2D eigenvalue weighted by Crippen LogP contribution is -2.44. The molecule has 2 fully saturated rings. The zero-order valence-electron chi connectivity index (χ0n) is 12.1. The maximum absolute atomic E-state index is 5.99. The van der Waals surface area contributed by atoms with E-state index in [0.717, 1.165) is 30.8 Å². The van der Waals surface area contributed by atoms with E-state index >= 15 is 0 Å². The molecule has 3 heterocycles. The number of anilines is 1. The van der Waals surface area contributed by atoms with Gasteiger partial charge in [-0.25, -0.2) is 4.98 Å². The number of ether oxygens (including phenoxy) is 2. The first kappa shape index (κ1) is 14.1. The smallest absolute Gasteiger partial charge is 0.263 e. The summed E-state index contributed by atoms with van der Waals surface area (Å²) in [7, 11) is 0. The molecule has 0 spiro atoms. The molecule has 1 saturated heterocycles. The maximum atomic E-state index is 5.99. The van der Waals surface area contributed by atoms with Gasteiger partial charge in [0.2, 0.25) is 5.89 Å². The number of hydrogen-bond donors (Lipinski definition) is 1. The van der Waals surface area contributed by atoms with E-state index in [-0.39, 0.29) is 12.1 Å². The van der Waals surface area contributed by atoms with E-state index in [1.54, 1.807) is 11.3 Å². The molecule has 1 aliphatic heterocycles. The van der Waals surface area contributed by atoms with Crippen molar-refractivity contribution in [3.8, 4) is 0 Å². The number of nitrogens with zero attached hydrogens (tertiary/aromatic N) is 3. The molecule has 2 atom stereocenters. The van der Waals surface area contributed by atoms with Crippen molar-refractivity contribution < 1.29 is 14.0 Å². The molecule has 7 nitrogen and oxygen atoms in total. The fraction of sp³-hybridized carbons (Fsp3) is 0.643. The Labute approximate surface area is 132 Å². The van der Waals surface area contributed by atoms with Crippen molar-refractivity contribution >= 4 is 17.3 Å². The zero-order chi connectivity index (χ0) is 14.8. The normalized spacial score (nSPS) is 25.3. The van der Waals surface area contributed by atoms with Crippen LogP contribution in [0.5, 0.6) is 0 Å². The second-order valence-electron chi connectivity index (χ2n) is 5.67. The van der Waals surface area contributed by atoms with E-state index in [4.69, 9.17) is 14.0 Å². The fourth-order valence-corrected chi connectivity index (χ4v) is 3.05. The largest absolute Gasteiger partial charge is 0.379 e. The molecule has 2 aliphatic rings. The van der Waals surface area contributed by atoms with Crippen LogP contribution in [0.15, 0.2) is 15.4 Å². The van der Waals surface area contributed by atoms with Gasteiger partial charge in [-0.3, -0.25) is 0 Å². The molecule has 0 amide bonds. The van der Waals surface area contributed by atoms with Crippen molar-refractivity contribution in [2.75, 3.05) is 18.5 Å². The minimum absolute atomic E-state index is 0.0250. The maximum Gasteiger partial charge on any atom is 0.263 e. The lowest BCUT2D eigenvalue weighted by Gasteiger charge is -2.31. The van der Waals surface area contributed by atoms with Gasteiger partial charge in [0.15, 0.2) is 0 Å². The minimum atomic E-state index is 0.0250. The van der Waals surface area contributed by atoms with Gasteiger partial charge < -0.3 is 19.3 Å². The number of rotatable bonds is 6. The first-order chi connectivity index (χ1) is 10.9. The van der Waals surface area contributed by atoms with Gasteiger partial charge in [0.1, 0.15) is 0 Å². The summed E-state index contributed by atoms with van der Waals surface area (Å²) in [5.74, 6) is 1.72. The highest BCUT2D eigenvalue weighted by Gasteiger charge is 2.31. The van der Waals surface area contributed by atoms with E-state index in [1.807, 2.05) is 10.9 Å². The van der Waals surface area contributed by atoms with Crippen molar-refractivity contribution in [3.05, 3.63) is 22.5 Å². The first-order valence-corrected chi connectivity index (χ1v) is 8.49. The standard InChI is InChI=1S/C14H18N4O3S/c1-2-9(1)13-17-14(18-21-13)16-11-6-19-4-3-12(11)20-5-10-7-22-8-15-10/h7-9,11-12H,1-6H2,(H,16,18)/t11-,12+/m1/s1. The van der Waals surface area contributed by atoms with Crippen LogP contribution in [-0.4, -0.2) is 40.5 Å². The van der Waals surface area contributed by atoms with Gasteiger partial charge in [-0.15, -0.1) is 11.3 Å². The van der Waals surface area contributed by atoms with Crippen molar-refractivity contribution in [3.63, 3.8) is 0 Å². The summed E-state index contributed by atoms with van der Waals surface area (Å²) < 4.78 is 16.8. The summed E-state index contributed by atoms with van der Waals surface area (Å²) in [6, 6.07) is 0.0250. The van der Waals surface area contributed by atoms with Crippen LogP contribution in [0.3, 0.4) is 0 Å². The van der Waals surface area contributed by atoms with Crippen LogP contribution in [0.25, 0.3) is 0 Å². The molecular weight excluding hydrogens is 304 g/mol. The minimum Gasteiger partial charge on any atom is -0.379 e. The molecule has 4 rings (SSSR count). The molecule has 0 bridgehead atoms. The fourth-order valence-electron chi connectivity index (χ4n) is 2.51. The first-order valence-electron chi connectivity index (χ1n) is 7.55.